The predicted molar refractivity (Wildman–Crippen MR) is 273 cm³/mol. The van der Waals surface area contributed by atoms with Gasteiger partial charge in [-0.2, -0.15) is 10.1 Å². The van der Waals surface area contributed by atoms with Gasteiger partial charge in [-0.25, -0.2) is 9.67 Å². The van der Waals surface area contributed by atoms with Crippen LogP contribution in [-0.4, -0.2) is 126 Å². The van der Waals surface area contributed by atoms with Crippen LogP contribution in [0.2, 0.25) is 0 Å². The zero-order valence-electron chi connectivity index (χ0n) is 39.8. The molecule has 10 rings (SSSR count). The third-order valence-corrected chi connectivity index (χ3v) is 17.0. The highest BCUT2D eigenvalue weighted by molar-refractivity contribution is 9.10. The van der Waals surface area contributed by atoms with Gasteiger partial charge >= 0.3 is 0 Å². The molecule has 17 nitrogen and oxygen atoms in total. The van der Waals surface area contributed by atoms with E-state index in [4.69, 9.17) is 9.72 Å². The van der Waals surface area contributed by atoms with Crippen molar-refractivity contribution in [1.82, 2.24) is 34.9 Å². The number of benzene rings is 3. The Balaban J connectivity index is 0.763. The van der Waals surface area contributed by atoms with E-state index in [0.29, 0.717) is 56.2 Å². The van der Waals surface area contributed by atoms with E-state index in [1.54, 1.807) is 56.9 Å². The highest BCUT2D eigenvalue weighted by atomic mass is 79.9. The molecular weight excluding hydrogens is 961 g/mol. The maximum atomic E-state index is 13.9. The van der Waals surface area contributed by atoms with Crippen LogP contribution >= 0.6 is 23.1 Å². The number of carbonyl (C=O) groups is 3. The van der Waals surface area contributed by atoms with Crippen LogP contribution in [0.1, 0.15) is 62.1 Å². The van der Waals surface area contributed by atoms with Gasteiger partial charge in [-0.05, 0) is 115 Å². The molecule has 3 amide bonds. The molecule has 2 aromatic heterocycles. The lowest BCUT2D eigenvalue weighted by Gasteiger charge is -2.43. The number of nitrogens with one attached hydrogen (secondary N) is 3. The Kier molecular flexibility index (Phi) is 12.7. The topological polar surface area (TPSA) is 187 Å². The largest absolute Gasteiger partial charge is 0.494 e. The molecule has 1 atom stereocenters. The Hall–Kier alpha value is -5.68. The van der Waals surface area contributed by atoms with Crippen molar-refractivity contribution in [2.45, 2.75) is 75.8 Å². The first-order valence-electron chi connectivity index (χ1n) is 24.0. The number of piperidine rings is 2. The maximum Gasteiger partial charge on any atom is 0.274 e. The highest BCUT2D eigenvalue weighted by Crippen LogP contribution is 2.59. The standard InChI is InChI=1S/C50H59BrN11O6P/c1-6-30-26-37(55-49-52-29-35(51)45(57-49)54-36-11-10-33-34(44(36)69(4,5)67)28-53-58(2)47(33)65)41(68-3)27-40(30)61-20-15-32(16-21-61)60-24-22-59(23-25-60)19-14-31-8-7-9-38-43(31)50(17-18-50)48(66)62(38)39-12-13-42(63)56-46(39)64/h7-11,26-29,32,39H,6,12-25H2,1-5H3,(H,56,63,64)(H2,52,54,55,57). The minimum atomic E-state index is -2.90. The second-order valence-electron chi connectivity index (χ2n) is 19.4. The number of methoxy groups -OCH3 is 1. The van der Waals surface area contributed by atoms with Gasteiger partial charge in [0, 0.05) is 99.7 Å². The minimum Gasteiger partial charge on any atom is -0.494 e. The number of imide groups is 1. The summed E-state index contributed by atoms with van der Waals surface area (Å²) in [7, 11) is 0.362. The van der Waals surface area contributed by atoms with Crippen LogP contribution in [0.5, 0.6) is 5.75 Å². The van der Waals surface area contributed by atoms with E-state index in [1.807, 2.05) is 12.1 Å². The summed E-state index contributed by atoms with van der Waals surface area (Å²) in [5.74, 6) is 0.845. The van der Waals surface area contributed by atoms with Gasteiger partial charge in [0.15, 0.2) is 0 Å². The average molecular weight is 1020 g/mol. The molecule has 1 saturated carbocycles. The second-order valence-corrected chi connectivity index (χ2v) is 23.4. The third kappa shape index (κ3) is 8.82. The first-order valence-corrected chi connectivity index (χ1v) is 27.4. The molecule has 3 aromatic carbocycles. The van der Waals surface area contributed by atoms with Crippen molar-refractivity contribution in [2.75, 3.05) is 86.7 Å². The molecule has 3 saturated heterocycles. The predicted octanol–water partition coefficient (Wildman–Crippen LogP) is 5.80. The van der Waals surface area contributed by atoms with Gasteiger partial charge in [0.25, 0.3) is 5.56 Å². The fourth-order valence-corrected chi connectivity index (χ4v) is 12.9. The van der Waals surface area contributed by atoms with Gasteiger partial charge in [-0.1, -0.05) is 19.1 Å². The number of carbonyl (C=O) groups excluding carboxylic acids is 3. The minimum absolute atomic E-state index is 0.0189. The van der Waals surface area contributed by atoms with Crippen molar-refractivity contribution in [3.63, 3.8) is 0 Å². The second kappa shape index (κ2) is 18.6. The number of rotatable bonds is 13. The molecule has 362 valence electrons. The molecule has 19 heteroatoms. The summed E-state index contributed by atoms with van der Waals surface area (Å²) in [5.41, 5.74) is 6.04. The summed E-state index contributed by atoms with van der Waals surface area (Å²) >= 11 is 3.59. The maximum absolute atomic E-state index is 13.9. The van der Waals surface area contributed by atoms with E-state index >= 15 is 0 Å². The van der Waals surface area contributed by atoms with E-state index in [1.165, 1.54) is 21.5 Å². The van der Waals surface area contributed by atoms with Crippen LogP contribution < -0.4 is 41.4 Å². The lowest BCUT2D eigenvalue weighted by atomic mass is 9.91. The molecule has 4 fully saturated rings. The SMILES string of the molecule is CCc1cc(Nc2ncc(Br)c(Nc3ccc4c(=O)n(C)ncc4c3P(C)(C)=O)n2)c(OC)cc1N1CCC(N2CCN(CCc3cccc4c3C3(CC3)C(=O)N4C3CCC(=O)NC3=O)CC2)CC1. The number of anilines is 6. The monoisotopic (exact) mass is 1020 g/mol. The molecule has 0 radical (unpaired) electrons. The molecule has 6 heterocycles. The number of aromatic nitrogens is 4. The number of amides is 3. The number of hydrogen-bond donors (Lipinski definition) is 3. The van der Waals surface area contributed by atoms with Crippen molar-refractivity contribution in [3.8, 4) is 5.75 Å². The molecule has 1 spiro atoms. The van der Waals surface area contributed by atoms with E-state index < -0.39 is 18.6 Å². The highest BCUT2D eigenvalue weighted by Gasteiger charge is 2.62. The molecule has 5 aliphatic rings. The van der Waals surface area contributed by atoms with Crippen LogP contribution in [0.15, 0.2) is 64.1 Å². The van der Waals surface area contributed by atoms with Crippen molar-refractivity contribution in [2.24, 2.45) is 7.05 Å². The fourth-order valence-electron chi connectivity index (χ4n) is 11.1. The van der Waals surface area contributed by atoms with E-state index in [0.717, 1.165) is 101 Å². The molecule has 1 unspecified atom stereocenters. The summed E-state index contributed by atoms with van der Waals surface area (Å²) < 4.78 is 21.5. The third-order valence-electron chi connectivity index (χ3n) is 14.9. The Labute approximate surface area is 409 Å². The molecule has 69 heavy (non-hydrogen) atoms. The molecule has 1 aliphatic carbocycles. The van der Waals surface area contributed by atoms with Gasteiger partial charge in [-0.3, -0.25) is 34.3 Å². The molecule has 4 aliphatic heterocycles. The van der Waals surface area contributed by atoms with Gasteiger partial charge in [0.1, 0.15) is 24.8 Å². The van der Waals surface area contributed by atoms with Crippen molar-refractivity contribution < 1.29 is 23.7 Å². The Bertz CT molecular complexity index is 2990. The summed E-state index contributed by atoms with van der Waals surface area (Å²) in [6.07, 6.45) is 9.27. The molecule has 5 aromatic rings. The van der Waals surface area contributed by atoms with Crippen LogP contribution in [0.25, 0.3) is 10.8 Å². The number of fused-ring (bicyclic) bond motifs is 3. The first kappa shape index (κ1) is 47.0. The average Bonchev–Trinajstić information content (AvgIpc) is 4.11. The van der Waals surface area contributed by atoms with Gasteiger partial charge < -0.3 is 29.7 Å². The number of nitrogens with zero attached hydrogens (tertiary/aromatic N) is 8. The van der Waals surface area contributed by atoms with Gasteiger partial charge in [-0.15, -0.1) is 0 Å². The lowest BCUT2D eigenvalue weighted by molar-refractivity contribution is -0.135. The Morgan fingerprint density at radius 2 is 1.67 bits per heavy atom. The quantitative estimate of drug-likeness (QED) is 0.0949. The number of piperazine rings is 1. The van der Waals surface area contributed by atoms with Crippen LogP contribution in [0, 0.1) is 0 Å². The van der Waals surface area contributed by atoms with Gasteiger partial charge in [0.2, 0.25) is 23.7 Å². The fraction of sp³-hybridized carbons (Fsp3) is 0.460. The zero-order chi connectivity index (χ0) is 48.4. The van der Waals surface area contributed by atoms with Crippen LogP contribution in [-0.2, 0) is 44.3 Å². The Morgan fingerprint density at radius 3 is 2.36 bits per heavy atom. The normalized spacial score (nSPS) is 19.9. The summed E-state index contributed by atoms with van der Waals surface area (Å²) in [6.45, 7) is 12.4. The van der Waals surface area contributed by atoms with Crippen molar-refractivity contribution in [1.29, 1.82) is 0 Å². The van der Waals surface area contributed by atoms with Crippen molar-refractivity contribution >= 4 is 91.4 Å². The zero-order valence-corrected chi connectivity index (χ0v) is 42.3. The number of hydrogen-bond acceptors (Lipinski definition) is 14. The molecular formula is C50H59BrN11O6P. The number of ether oxygens (including phenoxy) is 1. The molecule has 3 N–H and O–H groups in total. The first-order chi connectivity index (χ1) is 33.2. The number of aryl methyl sites for hydroxylation is 2. The van der Waals surface area contributed by atoms with Crippen LogP contribution in [0.3, 0.4) is 0 Å². The van der Waals surface area contributed by atoms with E-state index in [9.17, 15) is 23.7 Å². The van der Waals surface area contributed by atoms with E-state index in [-0.39, 0.29) is 29.7 Å². The van der Waals surface area contributed by atoms with Crippen molar-refractivity contribution in [3.05, 3.63) is 86.4 Å². The number of halogens is 1. The van der Waals surface area contributed by atoms with Crippen LogP contribution in [0.4, 0.5) is 34.5 Å². The lowest BCUT2D eigenvalue weighted by Crippen LogP contribution is -2.54. The van der Waals surface area contributed by atoms with E-state index in [2.05, 4.69) is 81.8 Å². The summed E-state index contributed by atoms with van der Waals surface area (Å²) in [4.78, 5) is 70.3. The van der Waals surface area contributed by atoms with Gasteiger partial charge in [0.05, 0.1) is 40.0 Å². The molecule has 0 bridgehead atoms. The summed E-state index contributed by atoms with van der Waals surface area (Å²) in [6, 6.07) is 13.7. The Morgan fingerprint density at radius 1 is 0.899 bits per heavy atom. The smallest absolute Gasteiger partial charge is 0.274 e. The summed E-state index contributed by atoms with van der Waals surface area (Å²) in [5, 5.41) is 14.9.